The number of aromatic amines is 1. The lowest BCUT2D eigenvalue weighted by Gasteiger charge is -2.07. The molecular formula is C25H22N8O5. The number of nitrogens with zero attached hydrogens (tertiary/aromatic N) is 6. The number of carbonyl (C=O) groups excluding carboxylic acids is 1. The summed E-state index contributed by atoms with van der Waals surface area (Å²) < 4.78 is 8.18. The van der Waals surface area contributed by atoms with Gasteiger partial charge >= 0.3 is 0 Å². The van der Waals surface area contributed by atoms with E-state index in [1.165, 1.54) is 29.2 Å². The highest BCUT2D eigenvalue weighted by Crippen LogP contribution is 2.22. The molecule has 0 aliphatic carbocycles. The molecule has 38 heavy (non-hydrogen) atoms. The van der Waals surface area contributed by atoms with Gasteiger partial charge in [-0.15, -0.1) is 0 Å². The van der Waals surface area contributed by atoms with Gasteiger partial charge in [-0.1, -0.05) is 24.3 Å². The molecule has 3 aromatic heterocycles. The van der Waals surface area contributed by atoms with Crippen molar-refractivity contribution in [2.45, 2.75) is 13.1 Å². The number of nitro groups is 1. The van der Waals surface area contributed by atoms with Gasteiger partial charge in [-0.05, 0) is 23.8 Å². The van der Waals surface area contributed by atoms with Crippen molar-refractivity contribution in [3.05, 3.63) is 98.8 Å². The van der Waals surface area contributed by atoms with Gasteiger partial charge in [0.25, 0.3) is 17.2 Å². The van der Waals surface area contributed by atoms with Gasteiger partial charge in [-0.2, -0.15) is 10.2 Å². The maximum atomic E-state index is 12.9. The van der Waals surface area contributed by atoms with Crippen molar-refractivity contribution < 1.29 is 14.5 Å². The van der Waals surface area contributed by atoms with E-state index in [1.807, 2.05) is 24.3 Å². The fourth-order valence-corrected chi connectivity index (χ4v) is 3.93. The molecule has 0 unspecified atom stereocenters. The van der Waals surface area contributed by atoms with Crippen LogP contribution < -0.4 is 15.6 Å². The average molecular weight is 515 g/mol. The summed E-state index contributed by atoms with van der Waals surface area (Å²) in [6.07, 6.45) is 2.85. The Kier molecular flexibility index (Phi) is 6.63. The molecule has 5 rings (SSSR count). The van der Waals surface area contributed by atoms with Crippen LogP contribution in [0.4, 0.5) is 5.69 Å². The molecule has 13 nitrogen and oxygen atoms in total. The molecule has 2 N–H and O–H groups in total. The molecule has 13 heteroatoms. The van der Waals surface area contributed by atoms with Crippen molar-refractivity contribution in [2.24, 2.45) is 0 Å². The van der Waals surface area contributed by atoms with E-state index in [2.05, 4.69) is 25.6 Å². The molecule has 0 aliphatic rings. The smallest absolute Gasteiger partial charge is 0.269 e. The number of fused-ring (bicyclic) bond motifs is 1. The number of aromatic nitrogens is 6. The summed E-state index contributed by atoms with van der Waals surface area (Å²) in [5.41, 5.74) is 2.54. The maximum absolute atomic E-state index is 12.9. The van der Waals surface area contributed by atoms with Crippen molar-refractivity contribution in [1.82, 2.24) is 34.8 Å². The van der Waals surface area contributed by atoms with Crippen molar-refractivity contribution in [3.8, 4) is 17.0 Å². The van der Waals surface area contributed by atoms with E-state index >= 15 is 0 Å². The molecule has 1 amide bonds. The molecule has 0 spiro atoms. The van der Waals surface area contributed by atoms with Crippen LogP contribution in [0.2, 0.25) is 0 Å². The predicted octanol–water partition coefficient (Wildman–Crippen LogP) is 2.38. The number of H-pyrrole nitrogens is 1. The number of ether oxygens (including phenoxy) is 1. The highest BCUT2D eigenvalue weighted by Gasteiger charge is 2.14. The van der Waals surface area contributed by atoms with Gasteiger partial charge in [-0.25, -0.2) is 9.67 Å². The molecular weight excluding hydrogens is 492 g/mol. The van der Waals surface area contributed by atoms with Crippen molar-refractivity contribution in [2.75, 3.05) is 13.7 Å². The predicted molar refractivity (Wildman–Crippen MR) is 137 cm³/mol. The number of nitro benzene ring substituents is 1. The summed E-state index contributed by atoms with van der Waals surface area (Å²) in [4.78, 5) is 40.2. The van der Waals surface area contributed by atoms with Crippen LogP contribution in [0, 0.1) is 10.1 Å². The number of nitrogens with one attached hydrogen (secondary N) is 2. The van der Waals surface area contributed by atoms with Crippen LogP contribution in [0.1, 0.15) is 16.1 Å². The number of methoxy groups -OCH3 is 1. The maximum Gasteiger partial charge on any atom is 0.269 e. The van der Waals surface area contributed by atoms with Gasteiger partial charge in [0.05, 0.1) is 37.0 Å². The topological polar surface area (TPSA) is 163 Å². The van der Waals surface area contributed by atoms with Crippen LogP contribution in [0.25, 0.3) is 22.3 Å². The quantitative estimate of drug-likeness (QED) is 0.224. The molecule has 0 bridgehead atoms. The van der Waals surface area contributed by atoms with E-state index in [4.69, 9.17) is 4.74 Å². The number of hydrogen-bond acceptors (Lipinski definition) is 8. The normalized spacial score (nSPS) is 11.0. The standard InChI is InChI=1S/C25H22N8O5/c1-38-19-4-2-3-17(11-19)21-12-22(30-29-21)24(34)26-9-10-32-23-20(13-28-32)25(35)31(15-27-23)14-16-5-7-18(8-6-16)33(36)37/h2-8,11-13,15H,9-10,14H2,1H3,(H,26,34)(H,29,30). The molecule has 3 heterocycles. The van der Waals surface area contributed by atoms with E-state index in [0.717, 1.165) is 11.1 Å². The van der Waals surface area contributed by atoms with E-state index in [1.54, 1.807) is 30.0 Å². The van der Waals surface area contributed by atoms with E-state index in [-0.39, 0.29) is 30.2 Å². The third-order valence-electron chi connectivity index (χ3n) is 5.92. The van der Waals surface area contributed by atoms with E-state index < -0.39 is 4.92 Å². The number of amides is 1. The Morgan fingerprint density at radius 2 is 2.00 bits per heavy atom. The zero-order valence-electron chi connectivity index (χ0n) is 20.2. The second-order valence-corrected chi connectivity index (χ2v) is 8.36. The van der Waals surface area contributed by atoms with Gasteiger partial charge in [0.15, 0.2) is 5.65 Å². The zero-order chi connectivity index (χ0) is 26.6. The van der Waals surface area contributed by atoms with Gasteiger partial charge in [-0.3, -0.25) is 29.4 Å². The molecule has 192 valence electrons. The molecule has 0 radical (unpaired) electrons. The SMILES string of the molecule is COc1cccc(-c2cc(C(=O)NCCn3ncc4c(=O)n(Cc5ccc([N+](=O)[O-])cc5)cnc43)[nH]n2)c1. The van der Waals surface area contributed by atoms with E-state index in [9.17, 15) is 19.7 Å². The molecule has 0 atom stereocenters. The monoisotopic (exact) mass is 514 g/mol. The minimum atomic E-state index is -0.477. The molecule has 0 saturated heterocycles. The molecule has 2 aromatic carbocycles. The summed E-state index contributed by atoms with van der Waals surface area (Å²) in [6, 6.07) is 15.0. The molecule has 0 aliphatic heterocycles. The largest absolute Gasteiger partial charge is 0.497 e. The fraction of sp³-hybridized carbons (Fsp3) is 0.160. The Hall–Kier alpha value is -5.33. The minimum Gasteiger partial charge on any atom is -0.497 e. The Morgan fingerprint density at radius 1 is 1.18 bits per heavy atom. The molecule has 0 saturated carbocycles. The second-order valence-electron chi connectivity index (χ2n) is 8.36. The van der Waals surface area contributed by atoms with Crippen LogP contribution in [-0.2, 0) is 13.1 Å². The highest BCUT2D eigenvalue weighted by atomic mass is 16.6. The number of carbonyl (C=O) groups is 1. The third kappa shape index (κ3) is 4.97. The van der Waals surface area contributed by atoms with Gasteiger partial charge in [0.2, 0.25) is 0 Å². The zero-order valence-corrected chi connectivity index (χ0v) is 20.2. The number of benzene rings is 2. The number of hydrogen-bond donors (Lipinski definition) is 2. The van der Waals surface area contributed by atoms with Gasteiger partial charge in [0, 0.05) is 24.2 Å². The van der Waals surface area contributed by atoms with Crippen LogP contribution >= 0.6 is 0 Å². The lowest BCUT2D eigenvalue weighted by Crippen LogP contribution is -2.28. The Labute approximate surface area is 214 Å². The first-order chi connectivity index (χ1) is 18.4. The fourth-order valence-electron chi connectivity index (χ4n) is 3.93. The van der Waals surface area contributed by atoms with Crippen molar-refractivity contribution >= 4 is 22.6 Å². The first kappa shape index (κ1) is 24.4. The summed E-state index contributed by atoms with van der Waals surface area (Å²) >= 11 is 0. The number of rotatable bonds is 9. The summed E-state index contributed by atoms with van der Waals surface area (Å²) in [6.45, 7) is 0.755. The number of non-ortho nitro benzene ring substituents is 1. The first-order valence-corrected chi connectivity index (χ1v) is 11.6. The summed E-state index contributed by atoms with van der Waals surface area (Å²) in [5.74, 6) is 0.358. The Morgan fingerprint density at radius 3 is 2.76 bits per heavy atom. The van der Waals surface area contributed by atoms with Crippen LogP contribution in [0.15, 0.2) is 71.9 Å². The van der Waals surface area contributed by atoms with Crippen molar-refractivity contribution in [1.29, 1.82) is 0 Å². The molecule has 5 aromatic rings. The Bertz CT molecular complexity index is 1690. The average Bonchev–Trinajstić information content (AvgIpc) is 3.59. The van der Waals surface area contributed by atoms with Crippen molar-refractivity contribution in [3.63, 3.8) is 0 Å². The highest BCUT2D eigenvalue weighted by molar-refractivity contribution is 5.93. The third-order valence-corrected chi connectivity index (χ3v) is 5.92. The Balaban J connectivity index is 1.22. The van der Waals surface area contributed by atoms with E-state index in [0.29, 0.717) is 34.7 Å². The summed E-state index contributed by atoms with van der Waals surface area (Å²) in [5, 5.41) is 25.2. The summed E-state index contributed by atoms with van der Waals surface area (Å²) in [7, 11) is 1.58. The minimum absolute atomic E-state index is 0.0205. The first-order valence-electron chi connectivity index (χ1n) is 11.6. The van der Waals surface area contributed by atoms with Crippen LogP contribution in [-0.4, -0.2) is 54.0 Å². The lowest BCUT2D eigenvalue weighted by atomic mass is 10.1. The van der Waals surface area contributed by atoms with Gasteiger partial charge < -0.3 is 10.1 Å². The molecule has 0 fully saturated rings. The second kappa shape index (κ2) is 10.3. The van der Waals surface area contributed by atoms with Crippen LogP contribution in [0.3, 0.4) is 0 Å². The van der Waals surface area contributed by atoms with Gasteiger partial charge in [0.1, 0.15) is 23.2 Å². The lowest BCUT2D eigenvalue weighted by molar-refractivity contribution is -0.384. The van der Waals surface area contributed by atoms with Crippen LogP contribution in [0.5, 0.6) is 5.75 Å².